The van der Waals surface area contributed by atoms with Crippen molar-refractivity contribution in [2.75, 3.05) is 7.05 Å². The van der Waals surface area contributed by atoms with Gasteiger partial charge in [-0.2, -0.15) is 11.8 Å². The Morgan fingerprint density at radius 2 is 2.06 bits per heavy atom. The fourth-order valence-electron chi connectivity index (χ4n) is 2.81. The number of aryl methyl sites for hydroxylation is 1. The zero-order valence-electron chi connectivity index (χ0n) is 11.8. The van der Waals surface area contributed by atoms with Crippen LogP contribution in [0.1, 0.15) is 37.3 Å². The van der Waals surface area contributed by atoms with Crippen molar-refractivity contribution in [1.29, 1.82) is 0 Å². The Labute approximate surface area is 116 Å². The van der Waals surface area contributed by atoms with Gasteiger partial charge in [0.1, 0.15) is 0 Å². The second-order valence-electron chi connectivity index (χ2n) is 5.59. The summed E-state index contributed by atoms with van der Waals surface area (Å²) in [5.74, 6) is 2.05. The molecule has 0 aliphatic heterocycles. The predicted molar refractivity (Wildman–Crippen MR) is 82.1 cm³/mol. The molecule has 1 aromatic rings. The maximum Gasteiger partial charge on any atom is 0.0206 e. The van der Waals surface area contributed by atoms with Gasteiger partial charge in [0.15, 0.2) is 0 Å². The molecule has 1 aliphatic carbocycles. The Bertz CT molecular complexity index is 377. The molecule has 1 saturated carbocycles. The van der Waals surface area contributed by atoms with Crippen LogP contribution in [-0.4, -0.2) is 18.3 Å². The van der Waals surface area contributed by atoms with Gasteiger partial charge >= 0.3 is 0 Å². The number of hydrogen-bond acceptors (Lipinski definition) is 2. The van der Waals surface area contributed by atoms with E-state index in [1.807, 2.05) is 0 Å². The third kappa shape index (κ3) is 3.52. The molecule has 1 N–H and O–H groups in total. The fraction of sp³-hybridized carbons (Fsp3) is 0.625. The number of benzene rings is 1. The van der Waals surface area contributed by atoms with Gasteiger partial charge in [0.05, 0.1) is 0 Å². The lowest BCUT2D eigenvalue weighted by Gasteiger charge is -2.34. The van der Waals surface area contributed by atoms with Crippen LogP contribution < -0.4 is 5.32 Å². The van der Waals surface area contributed by atoms with E-state index in [2.05, 4.69) is 62.2 Å². The topological polar surface area (TPSA) is 12.0 Å². The summed E-state index contributed by atoms with van der Waals surface area (Å²) in [6.07, 6.45) is 4.08. The Hall–Kier alpha value is -0.470. The molecule has 0 aromatic heterocycles. The third-order valence-corrected chi connectivity index (χ3v) is 5.57. The van der Waals surface area contributed by atoms with Crippen molar-refractivity contribution in [3.8, 4) is 0 Å². The highest BCUT2D eigenvalue weighted by Gasteiger charge is 2.27. The van der Waals surface area contributed by atoms with Gasteiger partial charge in [-0.1, -0.05) is 31.2 Å². The molecule has 1 aromatic carbocycles. The van der Waals surface area contributed by atoms with Crippen LogP contribution in [0, 0.1) is 12.8 Å². The first-order valence-corrected chi connectivity index (χ1v) is 8.09. The smallest absolute Gasteiger partial charge is 0.0206 e. The highest BCUT2D eigenvalue weighted by atomic mass is 32.2. The summed E-state index contributed by atoms with van der Waals surface area (Å²) in [7, 11) is 2.11. The molecule has 3 atom stereocenters. The number of rotatable bonds is 4. The number of hydrogen-bond donors (Lipinski definition) is 1. The van der Waals surface area contributed by atoms with Crippen molar-refractivity contribution in [3.63, 3.8) is 0 Å². The molecule has 100 valence electrons. The van der Waals surface area contributed by atoms with Crippen LogP contribution in [0.15, 0.2) is 24.3 Å². The molecule has 2 heteroatoms. The average molecular weight is 263 g/mol. The van der Waals surface area contributed by atoms with E-state index in [4.69, 9.17) is 0 Å². The molecular weight excluding hydrogens is 238 g/mol. The van der Waals surface area contributed by atoms with Crippen LogP contribution in [0.4, 0.5) is 0 Å². The van der Waals surface area contributed by atoms with Gasteiger partial charge in [-0.25, -0.2) is 0 Å². The van der Waals surface area contributed by atoms with Crippen LogP contribution >= 0.6 is 11.8 Å². The standard InChI is InChI=1S/C16H25NS/c1-12-8-9-15(17-3)16(10-12)18-11-14-7-5-4-6-13(14)2/h4-7,12,15-17H,8-11H2,1-3H3. The van der Waals surface area contributed by atoms with Gasteiger partial charge in [0, 0.05) is 17.0 Å². The Balaban J connectivity index is 1.93. The van der Waals surface area contributed by atoms with E-state index in [9.17, 15) is 0 Å². The SMILES string of the molecule is CNC1CCC(C)CC1SCc1ccccc1C. The molecule has 0 amide bonds. The van der Waals surface area contributed by atoms with Crippen molar-refractivity contribution in [1.82, 2.24) is 5.32 Å². The van der Waals surface area contributed by atoms with Crippen LogP contribution in [0.5, 0.6) is 0 Å². The molecule has 0 heterocycles. The van der Waals surface area contributed by atoms with Gasteiger partial charge in [0.25, 0.3) is 0 Å². The minimum absolute atomic E-state index is 0.704. The Kier molecular flexibility index (Phi) is 5.13. The van der Waals surface area contributed by atoms with Crippen molar-refractivity contribution in [3.05, 3.63) is 35.4 Å². The van der Waals surface area contributed by atoms with Crippen LogP contribution in [0.3, 0.4) is 0 Å². The molecule has 3 unspecified atom stereocenters. The van der Waals surface area contributed by atoms with Crippen molar-refractivity contribution in [2.24, 2.45) is 5.92 Å². The molecule has 1 fully saturated rings. The first-order chi connectivity index (χ1) is 8.70. The van der Waals surface area contributed by atoms with E-state index >= 15 is 0 Å². The molecule has 0 radical (unpaired) electrons. The Morgan fingerprint density at radius 3 is 2.78 bits per heavy atom. The molecule has 0 saturated heterocycles. The summed E-state index contributed by atoms with van der Waals surface area (Å²) in [6.45, 7) is 4.61. The number of thioether (sulfide) groups is 1. The lowest BCUT2D eigenvalue weighted by Crippen LogP contribution is -2.40. The summed E-state index contributed by atoms with van der Waals surface area (Å²) < 4.78 is 0. The van der Waals surface area contributed by atoms with Crippen molar-refractivity contribution < 1.29 is 0 Å². The van der Waals surface area contributed by atoms with Gasteiger partial charge in [-0.05, 0) is 50.3 Å². The van der Waals surface area contributed by atoms with Crippen LogP contribution in [-0.2, 0) is 5.75 Å². The van der Waals surface area contributed by atoms with E-state index in [0.717, 1.165) is 16.9 Å². The summed E-state index contributed by atoms with van der Waals surface area (Å²) in [5, 5.41) is 4.28. The quantitative estimate of drug-likeness (QED) is 0.881. The number of nitrogens with one attached hydrogen (secondary N) is 1. The maximum absolute atomic E-state index is 3.50. The summed E-state index contributed by atoms with van der Waals surface area (Å²) in [5.41, 5.74) is 2.92. The third-order valence-electron chi connectivity index (χ3n) is 4.14. The van der Waals surface area contributed by atoms with E-state index in [1.54, 1.807) is 0 Å². The van der Waals surface area contributed by atoms with Crippen LogP contribution in [0.25, 0.3) is 0 Å². The molecule has 0 spiro atoms. The second kappa shape index (κ2) is 6.63. The zero-order valence-corrected chi connectivity index (χ0v) is 12.6. The summed E-state index contributed by atoms with van der Waals surface area (Å²) in [6, 6.07) is 9.47. The molecular formula is C16H25NS. The highest BCUT2D eigenvalue weighted by Crippen LogP contribution is 2.34. The Morgan fingerprint density at radius 1 is 1.28 bits per heavy atom. The molecule has 2 rings (SSSR count). The normalized spacial score (nSPS) is 28.3. The predicted octanol–water partition coefficient (Wildman–Crippen LogP) is 4.00. The first-order valence-electron chi connectivity index (χ1n) is 7.04. The van der Waals surface area contributed by atoms with Crippen LogP contribution in [0.2, 0.25) is 0 Å². The van der Waals surface area contributed by atoms with E-state index in [-0.39, 0.29) is 0 Å². The van der Waals surface area contributed by atoms with E-state index in [0.29, 0.717) is 6.04 Å². The molecule has 1 aliphatic rings. The zero-order chi connectivity index (χ0) is 13.0. The largest absolute Gasteiger partial charge is 0.316 e. The summed E-state index contributed by atoms with van der Waals surface area (Å²) in [4.78, 5) is 0. The lowest BCUT2D eigenvalue weighted by molar-refractivity contribution is 0.329. The molecule has 18 heavy (non-hydrogen) atoms. The van der Waals surface area contributed by atoms with E-state index in [1.165, 1.54) is 30.4 Å². The minimum Gasteiger partial charge on any atom is -0.316 e. The van der Waals surface area contributed by atoms with Crippen molar-refractivity contribution in [2.45, 2.75) is 50.2 Å². The second-order valence-corrected chi connectivity index (χ2v) is 6.82. The first kappa shape index (κ1) is 14.0. The van der Waals surface area contributed by atoms with Gasteiger partial charge in [0.2, 0.25) is 0 Å². The summed E-state index contributed by atoms with van der Waals surface area (Å²) >= 11 is 2.14. The molecule has 1 nitrogen and oxygen atoms in total. The van der Waals surface area contributed by atoms with Gasteiger partial charge < -0.3 is 5.32 Å². The average Bonchev–Trinajstić information content (AvgIpc) is 2.38. The van der Waals surface area contributed by atoms with E-state index < -0.39 is 0 Å². The maximum atomic E-state index is 3.50. The monoisotopic (exact) mass is 263 g/mol. The van der Waals surface area contributed by atoms with Gasteiger partial charge in [-0.15, -0.1) is 0 Å². The molecule has 0 bridgehead atoms. The highest BCUT2D eigenvalue weighted by molar-refractivity contribution is 7.99. The lowest BCUT2D eigenvalue weighted by atomic mass is 9.87. The van der Waals surface area contributed by atoms with Crippen molar-refractivity contribution >= 4 is 11.8 Å². The minimum atomic E-state index is 0.704. The van der Waals surface area contributed by atoms with Gasteiger partial charge in [-0.3, -0.25) is 0 Å². The fourth-order valence-corrected chi connectivity index (χ4v) is 4.50.